The lowest BCUT2D eigenvalue weighted by atomic mass is 10.1. The molecule has 0 aromatic heterocycles. The van der Waals surface area contributed by atoms with Crippen molar-refractivity contribution in [3.8, 4) is 11.5 Å². The first-order valence-electron chi connectivity index (χ1n) is 7.97. The molecule has 9 heteroatoms. The first kappa shape index (κ1) is 18.2. The lowest BCUT2D eigenvalue weighted by Gasteiger charge is -2.19. The normalized spacial score (nSPS) is 15.7. The van der Waals surface area contributed by atoms with Crippen LogP contribution >= 0.6 is 0 Å². The Kier molecular flexibility index (Phi) is 4.93. The summed E-state index contributed by atoms with van der Waals surface area (Å²) in [5.41, 5.74) is 0.557. The maximum absolute atomic E-state index is 12.1. The molecule has 1 unspecified atom stereocenters. The first-order valence-corrected chi connectivity index (χ1v) is 7.97. The Morgan fingerprint density at radius 3 is 2.59 bits per heavy atom. The number of carbonyl (C=O) groups is 1. The van der Waals surface area contributed by atoms with Crippen molar-refractivity contribution in [3.05, 3.63) is 63.7 Å². The minimum absolute atomic E-state index is 0.118. The quantitative estimate of drug-likeness (QED) is 0.591. The highest BCUT2D eigenvalue weighted by Gasteiger charge is 2.37. The van der Waals surface area contributed by atoms with Crippen LogP contribution in [0.5, 0.6) is 11.5 Å². The molecule has 0 radical (unpaired) electrons. The average molecular weight is 371 g/mol. The molecule has 1 atom stereocenters. The topological polar surface area (TPSA) is 104 Å². The number of amides is 1. The van der Waals surface area contributed by atoms with Crippen molar-refractivity contribution < 1.29 is 23.9 Å². The van der Waals surface area contributed by atoms with Crippen LogP contribution < -0.4 is 9.47 Å². The summed E-state index contributed by atoms with van der Waals surface area (Å²) >= 11 is 0. The maximum atomic E-state index is 12.1. The van der Waals surface area contributed by atoms with E-state index < -0.39 is 17.1 Å². The Balaban J connectivity index is 2.04. The largest absolute Gasteiger partial charge is 0.497 e. The lowest BCUT2D eigenvalue weighted by molar-refractivity contribution is -0.386. The van der Waals surface area contributed by atoms with Crippen LogP contribution in [0.1, 0.15) is 24.3 Å². The number of para-hydroxylation sites is 1. The molecule has 1 amide bonds. The summed E-state index contributed by atoms with van der Waals surface area (Å²) in [5, 5.41) is 16.6. The van der Waals surface area contributed by atoms with Crippen molar-refractivity contribution in [1.82, 2.24) is 5.01 Å². The Hall–Kier alpha value is -3.62. The smallest absolute Gasteiger partial charge is 0.278 e. The zero-order chi connectivity index (χ0) is 19.6. The Bertz CT molecular complexity index is 927. The molecule has 1 aliphatic rings. The van der Waals surface area contributed by atoms with E-state index in [1.54, 1.807) is 30.3 Å². The monoisotopic (exact) mass is 371 g/mol. The number of hydrazone groups is 1. The van der Waals surface area contributed by atoms with Gasteiger partial charge in [-0.2, -0.15) is 5.01 Å². The number of hydrogen-bond acceptors (Lipinski definition) is 7. The molecule has 2 aromatic rings. The third-order valence-corrected chi connectivity index (χ3v) is 4.01. The fraction of sp³-hybridized carbons (Fsp3) is 0.222. The van der Waals surface area contributed by atoms with Gasteiger partial charge in [-0.05, 0) is 18.2 Å². The first-order chi connectivity index (χ1) is 13.0. The second-order valence-electron chi connectivity index (χ2n) is 5.62. The summed E-state index contributed by atoms with van der Waals surface area (Å²) < 4.78 is 16.4. The number of ether oxygens (including phenoxy) is 3. The number of nitrogens with zero attached hydrogens (tertiary/aromatic N) is 3. The number of hydrogen-bond donors (Lipinski definition) is 0. The maximum Gasteiger partial charge on any atom is 0.278 e. The summed E-state index contributed by atoms with van der Waals surface area (Å²) in [7, 11) is 3.01. The Labute approximate surface area is 154 Å². The summed E-state index contributed by atoms with van der Waals surface area (Å²) in [4.78, 5) is 22.9. The van der Waals surface area contributed by atoms with Crippen LogP contribution in [0.25, 0.3) is 0 Å². The molecule has 0 spiro atoms. The van der Waals surface area contributed by atoms with Crippen LogP contribution in [0.15, 0.2) is 47.6 Å². The van der Waals surface area contributed by atoms with Gasteiger partial charge in [-0.25, -0.2) is 0 Å². The molecule has 2 aromatic carbocycles. The van der Waals surface area contributed by atoms with Gasteiger partial charge in [0.05, 0.1) is 30.3 Å². The SMILES string of the molecule is COc1ccc(C2=NN(C(C)=O)C(c3ccccc3[N+](=O)[O-])O2)c(OC)c1. The van der Waals surface area contributed by atoms with Crippen LogP contribution in [0.2, 0.25) is 0 Å². The third-order valence-electron chi connectivity index (χ3n) is 4.01. The van der Waals surface area contributed by atoms with Crippen LogP contribution in [0, 0.1) is 10.1 Å². The van der Waals surface area contributed by atoms with E-state index in [-0.39, 0.29) is 17.1 Å². The molecule has 0 aliphatic carbocycles. The van der Waals surface area contributed by atoms with E-state index in [1.807, 2.05) is 0 Å². The molecular formula is C18H17N3O6. The van der Waals surface area contributed by atoms with E-state index in [0.717, 1.165) is 5.01 Å². The zero-order valence-corrected chi connectivity index (χ0v) is 14.9. The molecule has 140 valence electrons. The van der Waals surface area contributed by atoms with Crippen LogP contribution in [0.4, 0.5) is 5.69 Å². The van der Waals surface area contributed by atoms with Crippen molar-refractivity contribution in [2.24, 2.45) is 5.10 Å². The van der Waals surface area contributed by atoms with Gasteiger partial charge in [0.2, 0.25) is 18.0 Å². The van der Waals surface area contributed by atoms with Crippen LogP contribution in [0.3, 0.4) is 0 Å². The molecule has 1 aliphatic heterocycles. The minimum Gasteiger partial charge on any atom is -0.497 e. The van der Waals surface area contributed by atoms with Crippen LogP contribution in [-0.4, -0.2) is 36.0 Å². The molecule has 1 heterocycles. The molecule has 0 saturated heterocycles. The van der Waals surface area contributed by atoms with Crippen molar-refractivity contribution in [1.29, 1.82) is 0 Å². The van der Waals surface area contributed by atoms with Gasteiger partial charge < -0.3 is 14.2 Å². The van der Waals surface area contributed by atoms with Gasteiger partial charge in [-0.3, -0.25) is 14.9 Å². The van der Waals surface area contributed by atoms with E-state index in [1.165, 1.54) is 33.3 Å². The van der Waals surface area contributed by atoms with Gasteiger partial charge in [0.25, 0.3) is 5.69 Å². The third kappa shape index (κ3) is 3.39. The lowest BCUT2D eigenvalue weighted by Crippen LogP contribution is -2.25. The number of methoxy groups -OCH3 is 2. The van der Waals surface area contributed by atoms with Gasteiger partial charge in [0, 0.05) is 19.1 Å². The van der Waals surface area contributed by atoms with E-state index in [9.17, 15) is 14.9 Å². The molecule has 0 N–H and O–H groups in total. The fourth-order valence-corrected chi connectivity index (χ4v) is 2.72. The number of benzene rings is 2. The van der Waals surface area contributed by atoms with E-state index >= 15 is 0 Å². The molecule has 9 nitrogen and oxygen atoms in total. The molecule has 0 bridgehead atoms. The van der Waals surface area contributed by atoms with Gasteiger partial charge in [-0.15, -0.1) is 5.10 Å². The van der Waals surface area contributed by atoms with Gasteiger partial charge in [0.1, 0.15) is 11.5 Å². The summed E-state index contributed by atoms with van der Waals surface area (Å²) in [6.07, 6.45) is -1.05. The van der Waals surface area contributed by atoms with Crippen molar-refractivity contribution in [2.75, 3.05) is 14.2 Å². The van der Waals surface area contributed by atoms with Crippen molar-refractivity contribution in [3.63, 3.8) is 0 Å². The average Bonchev–Trinajstić information content (AvgIpc) is 3.12. The number of nitro groups is 1. The highest BCUT2D eigenvalue weighted by atomic mass is 16.6. The number of carbonyl (C=O) groups excluding carboxylic acids is 1. The zero-order valence-electron chi connectivity index (χ0n) is 14.9. The summed E-state index contributed by atoms with van der Waals surface area (Å²) in [5.74, 6) is 0.709. The van der Waals surface area contributed by atoms with Gasteiger partial charge in [-0.1, -0.05) is 12.1 Å². The fourth-order valence-electron chi connectivity index (χ4n) is 2.72. The number of rotatable bonds is 5. The van der Waals surface area contributed by atoms with Crippen LogP contribution in [-0.2, 0) is 9.53 Å². The molecular weight excluding hydrogens is 354 g/mol. The highest BCUT2D eigenvalue weighted by Crippen LogP contribution is 2.37. The standard InChI is InChI=1S/C18H17N3O6/c1-11(22)20-18(13-6-4-5-7-15(13)21(23)24)27-17(19-20)14-9-8-12(25-2)10-16(14)26-3/h4-10,18H,1-3H3. The van der Waals surface area contributed by atoms with E-state index in [2.05, 4.69) is 5.10 Å². The highest BCUT2D eigenvalue weighted by molar-refractivity contribution is 5.99. The van der Waals surface area contributed by atoms with E-state index in [4.69, 9.17) is 14.2 Å². The molecule has 3 rings (SSSR count). The van der Waals surface area contributed by atoms with Crippen molar-refractivity contribution in [2.45, 2.75) is 13.2 Å². The van der Waals surface area contributed by atoms with Crippen molar-refractivity contribution >= 4 is 17.5 Å². The Morgan fingerprint density at radius 1 is 1.22 bits per heavy atom. The Morgan fingerprint density at radius 2 is 1.96 bits per heavy atom. The predicted molar refractivity (Wildman–Crippen MR) is 95.5 cm³/mol. The molecule has 0 fully saturated rings. The van der Waals surface area contributed by atoms with Gasteiger partial charge in [0.15, 0.2) is 0 Å². The predicted octanol–water partition coefficient (Wildman–Crippen LogP) is 2.85. The molecule has 0 saturated carbocycles. The summed E-state index contributed by atoms with van der Waals surface area (Å²) in [6.45, 7) is 1.31. The summed E-state index contributed by atoms with van der Waals surface area (Å²) in [6, 6.07) is 11.1. The second-order valence-corrected chi connectivity index (χ2v) is 5.62. The van der Waals surface area contributed by atoms with Gasteiger partial charge >= 0.3 is 0 Å². The minimum atomic E-state index is -1.05. The molecule has 27 heavy (non-hydrogen) atoms. The number of nitro benzene ring substituents is 1. The van der Waals surface area contributed by atoms with E-state index in [0.29, 0.717) is 17.1 Å². The second kappa shape index (κ2) is 7.32.